The molecule has 4 aliphatic carbocycles. The number of rotatable bonds is 18. The molecule has 4 saturated carbocycles. The number of hydrogen-bond acceptors (Lipinski definition) is 5. The molecule has 63 heavy (non-hydrogen) atoms. The van der Waals surface area contributed by atoms with E-state index in [0.29, 0.717) is 61.7 Å². The number of imidazole rings is 2. The summed E-state index contributed by atoms with van der Waals surface area (Å²) in [5, 5.41) is 0. The van der Waals surface area contributed by atoms with Gasteiger partial charge in [0.25, 0.3) is 0 Å². The maximum Gasteiger partial charge on any atom is 0.224 e. The van der Waals surface area contributed by atoms with Gasteiger partial charge in [0.1, 0.15) is 11.6 Å². The molecule has 344 valence electrons. The van der Waals surface area contributed by atoms with Crippen molar-refractivity contribution in [3.63, 3.8) is 0 Å². The zero-order chi connectivity index (χ0) is 43.7. The topological polar surface area (TPSA) is 89.1 Å². The molecule has 2 amide bonds. The number of carbonyl (C=O) groups is 2. The molecule has 0 bridgehead atoms. The van der Waals surface area contributed by atoms with Crippen LogP contribution in [0.5, 0.6) is 0 Å². The monoisotopic (exact) mass is 924 g/mol. The van der Waals surface area contributed by atoms with Gasteiger partial charge in [-0.05, 0) is 140 Å². The van der Waals surface area contributed by atoms with Crippen molar-refractivity contribution < 1.29 is 9.59 Å². The predicted molar refractivity (Wildman–Crippen MR) is 260 cm³/mol. The van der Waals surface area contributed by atoms with Crippen LogP contribution in [-0.2, 0) is 29.1 Å². The fourth-order valence-corrected chi connectivity index (χ4v) is 12.9. The Balaban J connectivity index is 0.887. The lowest BCUT2D eigenvalue weighted by Crippen LogP contribution is -2.41. The molecule has 9 nitrogen and oxygen atoms in total. The Hall–Kier alpha value is -3.27. The number of hydrogen-bond donors (Lipinski definition) is 0. The Kier molecular flexibility index (Phi) is 16.4. The van der Waals surface area contributed by atoms with E-state index in [1.54, 1.807) is 0 Å². The standard InChI is InChI=1S/C53H78BrN7O2/c1-4-14-38-21-25-41(26-22-38)53-57-47-36-43(55-37-49(47)61(53)34-32-51(63)59(6-3)45-19-11-8-12-20-45)16-13-15-39-23-27-40(28-24-39)52-56-46-35-42(54)29-30-48(46)60(52)33-31-50(62)58(5-2)44-17-9-7-10-18-44/h29-30,35-41,44-45H,4-28,31-34H2,1-3H3. The summed E-state index contributed by atoms with van der Waals surface area (Å²) in [4.78, 5) is 47.4. The second-order valence-corrected chi connectivity index (χ2v) is 21.0. The SMILES string of the molecule is CCCC1CCC(c2nc3cc(CCCC4CCC(c5nc6cc(Br)ccc6n5CCC(=O)N(CC)C5CCCCC5)CC4)ncc3n2CCC(=O)N(CC)C2CCCCC2)CC1. The second-order valence-electron chi connectivity index (χ2n) is 20.1. The van der Waals surface area contributed by atoms with Crippen LogP contribution in [0, 0.1) is 11.8 Å². The van der Waals surface area contributed by atoms with Crippen molar-refractivity contribution in [1.82, 2.24) is 33.9 Å². The first kappa shape index (κ1) is 46.3. The summed E-state index contributed by atoms with van der Waals surface area (Å²) < 4.78 is 5.83. The normalized spacial score (nSPS) is 22.8. The van der Waals surface area contributed by atoms with Crippen LogP contribution < -0.4 is 0 Å². The van der Waals surface area contributed by atoms with Crippen LogP contribution in [0.2, 0.25) is 0 Å². The number of amides is 2. The molecular formula is C53H78BrN7O2. The number of carbonyl (C=O) groups excluding carboxylic acids is 2. The van der Waals surface area contributed by atoms with Crippen molar-refractivity contribution in [2.45, 2.75) is 218 Å². The molecule has 0 radical (unpaired) electrons. The Labute approximate surface area is 387 Å². The maximum absolute atomic E-state index is 13.7. The third kappa shape index (κ3) is 11.2. The van der Waals surface area contributed by atoms with Crippen LogP contribution >= 0.6 is 15.9 Å². The van der Waals surface area contributed by atoms with Gasteiger partial charge in [0, 0.05) is 73.1 Å². The minimum absolute atomic E-state index is 0.296. The summed E-state index contributed by atoms with van der Waals surface area (Å²) in [6, 6.07) is 9.51. The molecule has 1 aromatic carbocycles. The highest BCUT2D eigenvalue weighted by Crippen LogP contribution is 2.41. The average Bonchev–Trinajstić information content (AvgIpc) is 3.86. The van der Waals surface area contributed by atoms with Gasteiger partial charge in [0.2, 0.25) is 11.8 Å². The van der Waals surface area contributed by atoms with Crippen molar-refractivity contribution in [3.8, 4) is 0 Å². The Bertz CT molecular complexity index is 2100. The van der Waals surface area contributed by atoms with Gasteiger partial charge in [-0.15, -0.1) is 0 Å². The number of nitrogens with zero attached hydrogens (tertiary/aromatic N) is 7. The van der Waals surface area contributed by atoms with E-state index in [1.807, 2.05) is 0 Å². The Morgan fingerprint density at radius 3 is 1.67 bits per heavy atom. The summed E-state index contributed by atoms with van der Waals surface area (Å²) >= 11 is 3.68. The molecule has 10 heteroatoms. The number of benzene rings is 1. The van der Waals surface area contributed by atoms with Crippen LogP contribution in [0.3, 0.4) is 0 Å². The number of pyridine rings is 1. The van der Waals surface area contributed by atoms with Gasteiger partial charge in [0.05, 0.1) is 28.3 Å². The minimum atomic E-state index is 0.296. The van der Waals surface area contributed by atoms with E-state index in [-0.39, 0.29) is 0 Å². The lowest BCUT2D eigenvalue weighted by Gasteiger charge is -2.34. The molecular weight excluding hydrogens is 847 g/mol. The first-order valence-corrected chi connectivity index (χ1v) is 26.7. The van der Waals surface area contributed by atoms with Gasteiger partial charge in [-0.1, -0.05) is 80.6 Å². The quantitative estimate of drug-likeness (QED) is 0.0992. The van der Waals surface area contributed by atoms with E-state index in [0.717, 1.165) is 109 Å². The van der Waals surface area contributed by atoms with E-state index in [9.17, 15) is 9.59 Å². The summed E-state index contributed by atoms with van der Waals surface area (Å²) in [6.07, 6.45) is 31.0. The molecule has 4 aliphatic rings. The summed E-state index contributed by atoms with van der Waals surface area (Å²) in [5.41, 5.74) is 5.48. The van der Waals surface area contributed by atoms with E-state index < -0.39 is 0 Å². The highest BCUT2D eigenvalue weighted by atomic mass is 79.9. The molecule has 0 atom stereocenters. The lowest BCUT2D eigenvalue weighted by atomic mass is 9.79. The predicted octanol–water partition coefficient (Wildman–Crippen LogP) is 13.1. The number of halogens is 1. The molecule has 0 saturated heterocycles. The van der Waals surface area contributed by atoms with Crippen molar-refractivity contribution in [2.24, 2.45) is 11.8 Å². The summed E-state index contributed by atoms with van der Waals surface area (Å²) in [5.74, 6) is 5.41. The number of aromatic nitrogens is 5. The van der Waals surface area contributed by atoms with Gasteiger partial charge >= 0.3 is 0 Å². The molecule has 4 fully saturated rings. The van der Waals surface area contributed by atoms with E-state index in [2.05, 4.69) is 86.1 Å². The molecule has 3 aromatic heterocycles. The van der Waals surface area contributed by atoms with Crippen LogP contribution in [-0.4, -0.2) is 70.9 Å². The fourth-order valence-electron chi connectivity index (χ4n) is 12.6. The molecule has 0 spiro atoms. The van der Waals surface area contributed by atoms with Gasteiger partial charge in [-0.25, -0.2) is 9.97 Å². The molecule has 0 N–H and O–H groups in total. The fraction of sp³-hybridized carbons (Fsp3) is 0.717. The Morgan fingerprint density at radius 1 is 0.635 bits per heavy atom. The van der Waals surface area contributed by atoms with E-state index in [1.165, 1.54) is 108 Å². The minimum Gasteiger partial charge on any atom is -0.340 e. The summed E-state index contributed by atoms with van der Waals surface area (Å²) in [6.45, 7) is 9.60. The second kappa shape index (κ2) is 22.3. The van der Waals surface area contributed by atoms with Gasteiger partial charge < -0.3 is 18.9 Å². The Morgan fingerprint density at radius 2 is 1.14 bits per heavy atom. The zero-order valence-electron chi connectivity index (χ0n) is 39.2. The molecule has 3 heterocycles. The summed E-state index contributed by atoms with van der Waals surface area (Å²) in [7, 11) is 0. The van der Waals surface area contributed by atoms with Crippen LogP contribution in [0.25, 0.3) is 22.1 Å². The number of aryl methyl sites for hydroxylation is 3. The van der Waals surface area contributed by atoms with Crippen molar-refractivity contribution in [2.75, 3.05) is 13.1 Å². The average molecular weight is 925 g/mol. The lowest BCUT2D eigenvalue weighted by molar-refractivity contribution is -0.135. The number of fused-ring (bicyclic) bond motifs is 2. The van der Waals surface area contributed by atoms with E-state index in [4.69, 9.17) is 15.0 Å². The van der Waals surface area contributed by atoms with Crippen LogP contribution in [0.1, 0.15) is 204 Å². The third-order valence-electron chi connectivity index (χ3n) is 16.1. The smallest absolute Gasteiger partial charge is 0.224 e. The van der Waals surface area contributed by atoms with Gasteiger partial charge in [-0.2, -0.15) is 0 Å². The first-order chi connectivity index (χ1) is 30.8. The molecule has 8 rings (SSSR count). The third-order valence-corrected chi connectivity index (χ3v) is 16.6. The van der Waals surface area contributed by atoms with Crippen LogP contribution in [0.15, 0.2) is 34.9 Å². The van der Waals surface area contributed by atoms with E-state index >= 15 is 0 Å². The largest absolute Gasteiger partial charge is 0.340 e. The zero-order valence-corrected chi connectivity index (χ0v) is 40.8. The van der Waals surface area contributed by atoms with Crippen molar-refractivity contribution >= 4 is 49.8 Å². The van der Waals surface area contributed by atoms with Crippen LogP contribution in [0.4, 0.5) is 0 Å². The van der Waals surface area contributed by atoms with Gasteiger partial charge in [-0.3, -0.25) is 14.6 Å². The van der Waals surface area contributed by atoms with Gasteiger partial charge in [0.15, 0.2) is 0 Å². The highest BCUT2D eigenvalue weighted by molar-refractivity contribution is 9.10. The first-order valence-electron chi connectivity index (χ1n) is 25.9. The maximum atomic E-state index is 13.7. The highest BCUT2D eigenvalue weighted by Gasteiger charge is 2.31. The van der Waals surface area contributed by atoms with Crippen molar-refractivity contribution in [1.29, 1.82) is 0 Å². The van der Waals surface area contributed by atoms with Crippen molar-refractivity contribution in [3.05, 3.63) is 52.3 Å². The molecule has 4 aromatic rings. The molecule has 0 unspecified atom stereocenters. The molecule has 0 aliphatic heterocycles.